The van der Waals surface area contributed by atoms with E-state index in [1.54, 1.807) is 11.0 Å². The van der Waals surface area contributed by atoms with Gasteiger partial charge in [-0.3, -0.25) is 0 Å². The molecule has 2 heterocycles. The van der Waals surface area contributed by atoms with E-state index in [2.05, 4.69) is 16.8 Å². The molecule has 5 nitrogen and oxygen atoms in total. The highest BCUT2D eigenvalue weighted by Crippen LogP contribution is 2.21. The van der Waals surface area contributed by atoms with E-state index in [9.17, 15) is 4.79 Å². The Hall–Kier alpha value is -1.49. The molecule has 1 unspecified atom stereocenters. The second-order valence-electron chi connectivity index (χ2n) is 6.29. The topological polar surface area (TPSA) is 45.7 Å². The van der Waals surface area contributed by atoms with Crippen LogP contribution in [-0.4, -0.2) is 47.3 Å². The number of nitrogens with zero attached hydrogens (tertiary/aromatic N) is 3. The van der Waals surface area contributed by atoms with Crippen molar-refractivity contribution in [2.75, 3.05) is 24.5 Å². The van der Waals surface area contributed by atoms with Crippen LogP contribution in [0, 0.1) is 0 Å². The average Bonchev–Trinajstić information content (AvgIpc) is 2.36. The molecule has 1 aromatic heterocycles. The van der Waals surface area contributed by atoms with Crippen LogP contribution in [0.2, 0.25) is 5.15 Å². The molecule has 6 heteroatoms. The summed E-state index contributed by atoms with van der Waals surface area (Å²) in [6.45, 7) is 9.64. The molecule has 0 aliphatic carbocycles. The molecule has 0 bridgehead atoms. The lowest BCUT2D eigenvalue weighted by atomic mass is 10.2. The van der Waals surface area contributed by atoms with Crippen molar-refractivity contribution in [3.8, 4) is 0 Å². The molecule has 0 aromatic carbocycles. The van der Waals surface area contributed by atoms with Gasteiger partial charge in [0.05, 0.1) is 0 Å². The largest absolute Gasteiger partial charge is 0.444 e. The third-order valence-corrected chi connectivity index (χ3v) is 3.48. The van der Waals surface area contributed by atoms with Crippen LogP contribution in [0.5, 0.6) is 0 Å². The molecule has 2 rings (SSSR count). The number of piperazine rings is 1. The normalized spacial score (nSPS) is 19.6. The van der Waals surface area contributed by atoms with Crippen molar-refractivity contribution >= 4 is 23.5 Å². The molecule has 1 aromatic rings. The van der Waals surface area contributed by atoms with Crippen LogP contribution in [0.4, 0.5) is 10.6 Å². The Bertz CT molecular complexity index is 516. The number of carbonyl (C=O) groups excluding carboxylic acids is 1. The molecule has 0 saturated carbocycles. The van der Waals surface area contributed by atoms with Crippen LogP contribution in [0.15, 0.2) is 18.2 Å². The first-order valence-corrected chi connectivity index (χ1v) is 7.51. The van der Waals surface area contributed by atoms with E-state index < -0.39 is 5.60 Å². The number of carbonyl (C=O) groups is 1. The van der Waals surface area contributed by atoms with Gasteiger partial charge in [0.25, 0.3) is 0 Å². The van der Waals surface area contributed by atoms with Gasteiger partial charge in [0, 0.05) is 25.7 Å². The summed E-state index contributed by atoms with van der Waals surface area (Å²) < 4.78 is 5.42. The maximum absolute atomic E-state index is 12.1. The SMILES string of the molecule is CC1CN(C(=O)OC(C)(C)C)CCN1c1cccc(Cl)n1. The summed E-state index contributed by atoms with van der Waals surface area (Å²) >= 11 is 5.94. The van der Waals surface area contributed by atoms with Crippen LogP contribution < -0.4 is 4.90 Å². The van der Waals surface area contributed by atoms with Gasteiger partial charge >= 0.3 is 6.09 Å². The first-order valence-electron chi connectivity index (χ1n) is 7.13. The quantitative estimate of drug-likeness (QED) is 0.747. The first-order chi connectivity index (χ1) is 9.76. The van der Waals surface area contributed by atoms with E-state index in [0.717, 1.165) is 5.82 Å². The third-order valence-electron chi connectivity index (χ3n) is 3.27. The molecule has 1 amide bonds. The third kappa shape index (κ3) is 4.24. The lowest BCUT2D eigenvalue weighted by molar-refractivity contribution is 0.0218. The zero-order valence-corrected chi connectivity index (χ0v) is 13.7. The summed E-state index contributed by atoms with van der Waals surface area (Å²) in [5, 5.41) is 0.481. The lowest BCUT2D eigenvalue weighted by Gasteiger charge is -2.40. The van der Waals surface area contributed by atoms with Crippen molar-refractivity contribution in [3.63, 3.8) is 0 Å². The molecule has 1 saturated heterocycles. The maximum Gasteiger partial charge on any atom is 0.410 e. The van der Waals surface area contributed by atoms with Crippen molar-refractivity contribution in [1.29, 1.82) is 0 Å². The Morgan fingerprint density at radius 1 is 1.38 bits per heavy atom. The summed E-state index contributed by atoms with van der Waals surface area (Å²) in [5.41, 5.74) is -0.466. The van der Waals surface area contributed by atoms with E-state index in [0.29, 0.717) is 24.8 Å². The van der Waals surface area contributed by atoms with E-state index in [4.69, 9.17) is 16.3 Å². The number of pyridine rings is 1. The molecule has 1 aliphatic heterocycles. The van der Waals surface area contributed by atoms with Crippen molar-refractivity contribution in [3.05, 3.63) is 23.4 Å². The van der Waals surface area contributed by atoms with Crippen LogP contribution in [-0.2, 0) is 4.74 Å². The second-order valence-corrected chi connectivity index (χ2v) is 6.67. The molecule has 21 heavy (non-hydrogen) atoms. The van der Waals surface area contributed by atoms with E-state index >= 15 is 0 Å². The van der Waals surface area contributed by atoms with Gasteiger partial charge in [-0.2, -0.15) is 0 Å². The molecule has 1 fully saturated rings. The summed E-state index contributed by atoms with van der Waals surface area (Å²) in [6, 6.07) is 5.74. The van der Waals surface area contributed by atoms with Gasteiger partial charge < -0.3 is 14.5 Å². The standard InChI is InChI=1S/C15H22ClN3O2/c1-11-10-18(14(20)21-15(2,3)4)8-9-19(11)13-7-5-6-12(16)17-13/h5-7,11H,8-10H2,1-4H3. The van der Waals surface area contributed by atoms with Crippen molar-refractivity contribution < 1.29 is 9.53 Å². The lowest BCUT2D eigenvalue weighted by Crippen LogP contribution is -2.54. The summed E-state index contributed by atoms with van der Waals surface area (Å²) in [6.07, 6.45) is -0.256. The van der Waals surface area contributed by atoms with Gasteiger partial charge in [0.15, 0.2) is 0 Å². The fourth-order valence-corrected chi connectivity index (χ4v) is 2.51. The maximum atomic E-state index is 12.1. The molecular weight excluding hydrogens is 290 g/mol. The number of ether oxygens (including phenoxy) is 1. The van der Waals surface area contributed by atoms with Crippen molar-refractivity contribution in [1.82, 2.24) is 9.88 Å². The highest BCUT2D eigenvalue weighted by molar-refractivity contribution is 6.29. The van der Waals surface area contributed by atoms with Gasteiger partial charge in [-0.25, -0.2) is 9.78 Å². The first kappa shape index (κ1) is 15.9. The fourth-order valence-electron chi connectivity index (χ4n) is 2.35. The molecular formula is C15H22ClN3O2. The molecule has 1 atom stereocenters. The molecule has 0 N–H and O–H groups in total. The molecule has 0 spiro atoms. The van der Waals surface area contributed by atoms with E-state index in [1.807, 2.05) is 32.9 Å². The minimum absolute atomic E-state index is 0.164. The van der Waals surface area contributed by atoms with Crippen molar-refractivity contribution in [2.45, 2.75) is 39.3 Å². The highest BCUT2D eigenvalue weighted by atomic mass is 35.5. The van der Waals surface area contributed by atoms with Crippen LogP contribution in [0.25, 0.3) is 0 Å². The predicted octanol–water partition coefficient (Wildman–Crippen LogP) is 3.18. The number of anilines is 1. The summed E-state index contributed by atoms with van der Waals surface area (Å²) in [5.74, 6) is 0.846. The van der Waals surface area contributed by atoms with Gasteiger partial charge in [-0.1, -0.05) is 17.7 Å². The van der Waals surface area contributed by atoms with Crippen molar-refractivity contribution in [2.24, 2.45) is 0 Å². The zero-order chi connectivity index (χ0) is 15.6. The Kier molecular flexibility index (Phi) is 4.61. The Morgan fingerprint density at radius 2 is 2.10 bits per heavy atom. The van der Waals surface area contributed by atoms with Gasteiger partial charge in [0.2, 0.25) is 0 Å². The minimum Gasteiger partial charge on any atom is -0.444 e. The summed E-state index contributed by atoms with van der Waals surface area (Å²) in [7, 11) is 0. The number of amides is 1. The van der Waals surface area contributed by atoms with E-state index in [1.165, 1.54) is 0 Å². The molecule has 1 aliphatic rings. The zero-order valence-electron chi connectivity index (χ0n) is 13.0. The number of aromatic nitrogens is 1. The number of rotatable bonds is 1. The van der Waals surface area contributed by atoms with Crippen LogP contribution in [0.1, 0.15) is 27.7 Å². The van der Waals surface area contributed by atoms with Gasteiger partial charge in [-0.05, 0) is 39.8 Å². The van der Waals surface area contributed by atoms with Gasteiger partial charge in [-0.15, -0.1) is 0 Å². The Labute approximate surface area is 130 Å². The number of halogens is 1. The minimum atomic E-state index is -0.466. The highest BCUT2D eigenvalue weighted by Gasteiger charge is 2.30. The van der Waals surface area contributed by atoms with Crippen LogP contribution in [0.3, 0.4) is 0 Å². The molecule has 116 valence electrons. The van der Waals surface area contributed by atoms with E-state index in [-0.39, 0.29) is 12.1 Å². The average molecular weight is 312 g/mol. The number of hydrogen-bond acceptors (Lipinski definition) is 4. The monoisotopic (exact) mass is 311 g/mol. The Morgan fingerprint density at radius 3 is 2.67 bits per heavy atom. The second kappa shape index (κ2) is 6.10. The fraction of sp³-hybridized carbons (Fsp3) is 0.600. The smallest absolute Gasteiger partial charge is 0.410 e. The predicted molar refractivity (Wildman–Crippen MR) is 83.9 cm³/mol. The Balaban J connectivity index is 2.01. The number of hydrogen-bond donors (Lipinski definition) is 0. The van der Waals surface area contributed by atoms with Gasteiger partial charge in [0.1, 0.15) is 16.6 Å². The summed E-state index contributed by atoms with van der Waals surface area (Å²) in [4.78, 5) is 20.3. The van der Waals surface area contributed by atoms with Crippen LogP contribution >= 0.6 is 11.6 Å². The molecule has 0 radical (unpaired) electrons.